The number of pyridine rings is 1. The molecule has 2 atom stereocenters. The van der Waals surface area contributed by atoms with Gasteiger partial charge < -0.3 is 10.6 Å². The molecule has 1 saturated heterocycles. The molecule has 118 valence electrons. The maximum atomic E-state index is 13.1. The molecule has 0 saturated carbocycles. The Morgan fingerprint density at radius 1 is 1.30 bits per heavy atom. The second-order valence-corrected chi connectivity index (χ2v) is 7.04. The van der Waals surface area contributed by atoms with Crippen LogP contribution < -0.4 is 10.6 Å². The van der Waals surface area contributed by atoms with Gasteiger partial charge in [0.05, 0.1) is 17.1 Å². The molecular formula is C15H15FN6S. The summed E-state index contributed by atoms with van der Waals surface area (Å²) in [5, 5.41) is 0.590. The summed E-state index contributed by atoms with van der Waals surface area (Å²) in [5.41, 5.74) is 7.13. The average molecular weight is 330 g/mol. The second-order valence-electron chi connectivity index (χ2n) is 5.69. The molecule has 2 N–H and O–H groups in total. The first kappa shape index (κ1) is 14.4. The zero-order valence-corrected chi connectivity index (χ0v) is 13.1. The van der Waals surface area contributed by atoms with Gasteiger partial charge in [0.15, 0.2) is 11.0 Å². The summed E-state index contributed by atoms with van der Waals surface area (Å²) in [6.45, 7) is 2.10. The van der Waals surface area contributed by atoms with Crippen LogP contribution in [0.5, 0.6) is 0 Å². The molecule has 0 spiro atoms. The van der Waals surface area contributed by atoms with Crippen LogP contribution in [0, 0.1) is 11.7 Å². The Balaban J connectivity index is 1.72. The molecule has 2 aliphatic rings. The normalized spacial score (nSPS) is 26.7. The van der Waals surface area contributed by atoms with Gasteiger partial charge >= 0.3 is 0 Å². The summed E-state index contributed by atoms with van der Waals surface area (Å²) in [7, 11) is 0. The lowest BCUT2D eigenvalue weighted by atomic mass is 9.88. The highest BCUT2D eigenvalue weighted by Crippen LogP contribution is 2.50. The summed E-state index contributed by atoms with van der Waals surface area (Å²) in [6, 6.07) is 4.00. The standard InChI is InChI=1S/C15H15FN6S/c16-12-6-20-14(21-7-12)22-8-11-5-19-13(17)23-15(11,9-22)10-2-1-3-18-4-10/h1-4,6-7,11H,5,8-9H2,(H2,17,19). The number of rotatable bonds is 2. The van der Waals surface area contributed by atoms with Crippen LogP contribution in [0.3, 0.4) is 0 Å². The fourth-order valence-electron chi connectivity index (χ4n) is 3.25. The van der Waals surface area contributed by atoms with Gasteiger partial charge in [0.2, 0.25) is 5.95 Å². The zero-order chi connectivity index (χ0) is 15.9. The maximum absolute atomic E-state index is 13.1. The van der Waals surface area contributed by atoms with Crippen molar-refractivity contribution in [3.05, 3.63) is 48.3 Å². The van der Waals surface area contributed by atoms with Gasteiger partial charge in [-0.1, -0.05) is 17.8 Å². The highest BCUT2D eigenvalue weighted by Gasteiger charge is 2.51. The van der Waals surface area contributed by atoms with E-state index in [1.165, 1.54) is 12.4 Å². The molecule has 0 aliphatic carbocycles. The van der Waals surface area contributed by atoms with E-state index in [-0.39, 0.29) is 10.7 Å². The van der Waals surface area contributed by atoms with E-state index in [2.05, 4.69) is 30.9 Å². The van der Waals surface area contributed by atoms with Crippen molar-refractivity contribution < 1.29 is 4.39 Å². The Bertz CT molecular complexity index is 737. The molecule has 0 radical (unpaired) electrons. The molecule has 6 nitrogen and oxygen atoms in total. The zero-order valence-electron chi connectivity index (χ0n) is 12.3. The highest BCUT2D eigenvalue weighted by molar-refractivity contribution is 8.14. The number of amidine groups is 1. The maximum Gasteiger partial charge on any atom is 0.225 e. The van der Waals surface area contributed by atoms with Gasteiger partial charge in [0.25, 0.3) is 0 Å². The minimum absolute atomic E-state index is 0.224. The fourth-order valence-corrected chi connectivity index (χ4v) is 4.54. The fraction of sp³-hybridized carbons (Fsp3) is 0.333. The van der Waals surface area contributed by atoms with Crippen molar-refractivity contribution in [3.8, 4) is 0 Å². The number of nitrogens with zero attached hydrogens (tertiary/aromatic N) is 5. The minimum Gasteiger partial charge on any atom is -0.379 e. The molecule has 2 unspecified atom stereocenters. The summed E-state index contributed by atoms with van der Waals surface area (Å²) in [5.74, 6) is 0.371. The summed E-state index contributed by atoms with van der Waals surface area (Å²) >= 11 is 1.58. The van der Waals surface area contributed by atoms with Crippen LogP contribution in [0.2, 0.25) is 0 Å². The van der Waals surface area contributed by atoms with Crippen LogP contribution >= 0.6 is 11.8 Å². The molecule has 2 aliphatic heterocycles. The number of aliphatic imine (C=N–C) groups is 1. The van der Waals surface area contributed by atoms with Crippen LogP contribution in [0.1, 0.15) is 5.56 Å². The number of nitrogens with two attached hydrogens (primary N) is 1. The van der Waals surface area contributed by atoms with Crippen molar-refractivity contribution in [2.45, 2.75) is 4.75 Å². The van der Waals surface area contributed by atoms with E-state index in [1.54, 1.807) is 18.0 Å². The molecular weight excluding hydrogens is 315 g/mol. The third-order valence-electron chi connectivity index (χ3n) is 4.32. The van der Waals surface area contributed by atoms with E-state index >= 15 is 0 Å². The Morgan fingerprint density at radius 3 is 2.87 bits per heavy atom. The van der Waals surface area contributed by atoms with Crippen molar-refractivity contribution in [3.63, 3.8) is 0 Å². The van der Waals surface area contributed by atoms with E-state index in [0.29, 0.717) is 24.2 Å². The first-order valence-electron chi connectivity index (χ1n) is 7.29. The molecule has 1 fully saturated rings. The van der Waals surface area contributed by atoms with Gasteiger partial charge in [-0.2, -0.15) is 0 Å². The Morgan fingerprint density at radius 2 is 2.13 bits per heavy atom. The molecule has 4 heterocycles. The third kappa shape index (κ3) is 2.42. The molecule has 2 aromatic heterocycles. The summed E-state index contributed by atoms with van der Waals surface area (Å²) in [6.07, 6.45) is 6.03. The smallest absolute Gasteiger partial charge is 0.225 e. The average Bonchev–Trinajstić information content (AvgIpc) is 2.96. The first-order valence-corrected chi connectivity index (χ1v) is 8.11. The monoisotopic (exact) mass is 330 g/mol. The largest absolute Gasteiger partial charge is 0.379 e. The van der Waals surface area contributed by atoms with Crippen molar-refractivity contribution in [1.82, 2.24) is 15.0 Å². The van der Waals surface area contributed by atoms with Crippen LogP contribution in [-0.4, -0.2) is 39.8 Å². The highest BCUT2D eigenvalue weighted by atomic mass is 32.2. The molecule has 0 bridgehead atoms. The SMILES string of the molecule is NC1=NCC2CN(c3ncc(F)cn3)CC2(c2cccnc2)S1. The minimum atomic E-state index is -0.436. The van der Waals surface area contributed by atoms with Gasteiger partial charge in [-0.05, 0) is 11.6 Å². The first-order chi connectivity index (χ1) is 11.2. The van der Waals surface area contributed by atoms with Crippen LogP contribution in [0.15, 0.2) is 41.9 Å². The topological polar surface area (TPSA) is 80.3 Å². The Hall–Kier alpha value is -2.22. The quantitative estimate of drug-likeness (QED) is 0.897. The van der Waals surface area contributed by atoms with E-state index in [0.717, 1.165) is 12.1 Å². The van der Waals surface area contributed by atoms with Gasteiger partial charge in [0.1, 0.15) is 0 Å². The van der Waals surface area contributed by atoms with Crippen molar-refractivity contribution in [2.24, 2.45) is 16.6 Å². The van der Waals surface area contributed by atoms with Gasteiger partial charge in [-0.25, -0.2) is 14.4 Å². The van der Waals surface area contributed by atoms with E-state index in [4.69, 9.17) is 5.73 Å². The van der Waals surface area contributed by atoms with Crippen molar-refractivity contribution in [2.75, 3.05) is 24.5 Å². The van der Waals surface area contributed by atoms with Crippen LogP contribution in [-0.2, 0) is 4.75 Å². The molecule has 0 amide bonds. The van der Waals surface area contributed by atoms with E-state index in [9.17, 15) is 4.39 Å². The number of hydrogen-bond donors (Lipinski definition) is 1. The van der Waals surface area contributed by atoms with Gasteiger partial charge in [-0.15, -0.1) is 0 Å². The lowest BCUT2D eigenvalue weighted by Crippen LogP contribution is -2.39. The number of halogens is 1. The number of fused-ring (bicyclic) bond motifs is 1. The molecule has 8 heteroatoms. The Labute approximate surface area is 137 Å². The van der Waals surface area contributed by atoms with E-state index < -0.39 is 5.82 Å². The number of anilines is 1. The predicted molar refractivity (Wildman–Crippen MR) is 87.7 cm³/mol. The second kappa shape index (κ2) is 5.45. The molecule has 4 rings (SSSR count). The summed E-state index contributed by atoms with van der Waals surface area (Å²) in [4.78, 5) is 18.9. The number of hydrogen-bond acceptors (Lipinski definition) is 7. The van der Waals surface area contributed by atoms with Gasteiger partial charge in [0, 0.05) is 37.9 Å². The van der Waals surface area contributed by atoms with Gasteiger partial charge in [-0.3, -0.25) is 9.98 Å². The van der Waals surface area contributed by atoms with Crippen LogP contribution in [0.25, 0.3) is 0 Å². The number of aromatic nitrogens is 3. The molecule has 2 aromatic rings. The van der Waals surface area contributed by atoms with Crippen molar-refractivity contribution in [1.29, 1.82) is 0 Å². The molecule has 23 heavy (non-hydrogen) atoms. The lowest BCUT2D eigenvalue weighted by Gasteiger charge is -2.35. The molecule has 0 aromatic carbocycles. The summed E-state index contributed by atoms with van der Waals surface area (Å²) < 4.78 is 12.8. The number of thioether (sulfide) groups is 1. The third-order valence-corrected chi connectivity index (χ3v) is 5.72. The van der Waals surface area contributed by atoms with E-state index in [1.807, 2.05) is 12.3 Å². The van der Waals surface area contributed by atoms with Crippen LogP contribution in [0.4, 0.5) is 10.3 Å². The predicted octanol–water partition coefficient (Wildman–Crippen LogP) is 1.40. The van der Waals surface area contributed by atoms with Crippen molar-refractivity contribution >= 4 is 22.9 Å². The Kier molecular flexibility index (Phi) is 3.41. The lowest BCUT2D eigenvalue weighted by molar-refractivity contribution is 0.486.